The molecule has 0 bridgehead atoms. The molecule has 3 nitrogen and oxygen atoms in total. The van der Waals surface area contributed by atoms with Crippen LogP contribution in [0, 0.1) is 0 Å². The average Bonchev–Trinajstić information content (AvgIpc) is 2.38. The van der Waals surface area contributed by atoms with Crippen LogP contribution in [0.15, 0.2) is 12.1 Å². The number of hydrogen-bond acceptors (Lipinski definition) is 4. The smallest absolute Gasteiger partial charge is 0.125 e. The van der Waals surface area contributed by atoms with Crippen LogP contribution in [0.2, 0.25) is 0 Å². The van der Waals surface area contributed by atoms with Gasteiger partial charge >= 0.3 is 0 Å². The third-order valence-corrected chi connectivity index (χ3v) is 4.68. The fraction of sp³-hybridized carbons (Fsp3) is 0.538. The maximum absolute atomic E-state index is 10.4. The van der Waals surface area contributed by atoms with E-state index in [-0.39, 0.29) is 5.25 Å². The molecule has 2 unspecified atom stereocenters. The molecule has 0 spiro atoms. The summed E-state index contributed by atoms with van der Waals surface area (Å²) in [6.07, 6.45) is 0.477. The molecule has 0 radical (unpaired) electrons. The van der Waals surface area contributed by atoms with Gasteiger partial charge in [-0.15, -0.1) is 0 Å². The molecule has 0 amide bonds. The highest BCUT2D eigenvalue weighted by Gasteiger charge is 2.32. The van der Waals surface area contributed by atoms with Crippen LogP contribution < -0.4 is 9.47 Å². The number of aliphatic hydroxyl groups is 1. The minimum Gasteiger partial charge on any atom is -0.496 e. The molecule has 0 fully saturated rings. The van der Waals surface area contributed by atoms with Crippen LogP contribution in [0.5, 0.6) is 11.5 Å². The topological polar surface area (TPSA) is 38.7 Å². The second-order valence-electron chi connectivity index (χ2n) is 4.06. The van der Waals surface area contributed by atoms with Crippen LogP contribution in [0.25, 0.3) is 0 Å². The second-order valence-corrected chi connectivity index (χ2v) is 5.29. The van der Waals surface area contributed by atoms with Crippen molar-refractivity contribution in [2.75, 3.05) is 14.2 Å². The second kappa shape index (κ2) is 5.19. The summed E-state index contributed by atoms with van der Waals surface area (Å²) >= 11 is 1.78. The van der Waals surface area contributed by atoms with Gasteiger partial charge < -0.3 is 14.6 Å². The van der Waals surface area contributed by atoms with Gasteiger partial charge in [0.05, 0.1) is 20.3 Å². The number of aliphatic hydroxyl groups excluding tert-OH is 1. The minimum atomic E-state index is -0.473. The number of rotatable bonds is 3. The molecule has 1 aliphatic rings. The van der Waals surface area contributed by atoms with Crippen molar-refractivity contribution in [3.8, 4) is 11.5 Å². The molecule has 1 heterocycles. The first-order chi connectivity index (χ1) is 8.22. The zero-order valence-corrected chi connectivity index (χ0v) is 11.2. The lowest BCUT2D eigenvalue weighted by atomic mass is 9.97. The molecule has 0 saturated carbocycles. The molecule has 1 aromatic carbocycles. The molecule has 17 heavy (non-hydrogen) atoms. The molecule has 0 saturated heterocycles. The third kappa shape index (κ3) is 2.11. The summed E-state index contributed by atoms with van der Waals surface area (Å²) in [4.78, 5) is 0. The minimum absolute atomic E-state index is 0.239. The van der Waals surface area contributed by atoms with E-state index in [0.29, 0.717) is 0 Å². The lowest BCUT2D eigenvalue weighted by molar-refractivity contribution is 0.165. The molecule has 0 aromatic heterocycles. The van der Waals surface area contributed by atoms with Gasteiger partial charge in [-0.3, -0.25) is 0 Å². The summed E-state index contributed by atoms with van der Waals surface area (Å²) in [5, 5.41) is 10.6. The lowest BCUT2D eigenvalue weighted by Crippen LogP contribution is -2.21. The molecule has 2 rings (SSSR count). The van der Waals surface area contributed by atoms with E-state index in [1.54, 1.807) is 26.0 Å². The standard InChI is InChI=1S/C13H18O3S/c1-4-11-13(14)12-8(7-17-11)9(15-2)5-6-10(12)16-3/h5-6,11,13-14H,4,7H2,1-3H3. The highest BCUT2D eigenvalue weighted by atomic mass is 32.2. The maximum atomic E-state index is 10.4. The number of methoxy groups -OCH3 is 2. The Morgan fingerprint density at radius 2 is 1.94 bits per heavy atom. The van der Waals surface area contributed by atoms with Crippen molar-refractivity contribution >= 4 is 11.8 Å². The van der Waals surface area contributed by atoms with Gasteiger partial charge in [0, 0.05) is 22.1 Å². The van der Waals surface area contributed by atoms with Gasteiger partial charge in [-0.25, -0.2) is 0 Å². The van der Waals surface area contributed by atoms with E-state index in [4.69, 9.17) is 9.47 Å². The van der Waals surface area contributed by atoms with Crippen molar-refractivity contribution in [2.24, 2.45) is 0 Å². The van der Waals surface area contributed by atoms with Crippen LogP contribution in [-0.2, 0) is 5.75 Å². The number of fused-ring (bicyclic) bond motifs is 1. The third-order valence-electron chi connectivity index (χ3n) is 3.21. The number of thioether (sulfide) groups is 1. The van der Waals surface area contributed by atoms with Gasteiger partial charge in [0.15, 0.2) is 0 Å². The van der Waals surface area contributed by atoms with Crippen molar-refractivity contribution < 1.29 is 14.6 Å². The van der Waals surface area contributed by atoms with E-state index < -0.39 is 6.10 Å². The van der Waals surface area contributed by atoms with E-state index in [9.17, 15) is 5.11 Å². The molecule has 1 N–H and O–H groups in total. The Hall–Kier alpha value is -0.870. The summed E-state index contributed by atoms with van der Waals surface area (Å²) in [6.45, 7) is 2.10. The molecule has 1 aliphatic heterocycles. The van der Waals surface area contributed by atoms with E-state index >= 15 is 0 Å². The fourth-order valence-corrected chi connectivity index (χ4v) is 3.51. The van der Waals surface area contributed by atoms with E-state index in [2.05, 4.69) is 6.92 Å². The predicted molar refractivity (Wildman–Crippen MR) is 69.9 cm³/mol. The number of ether oxygens (including phenoxy) is 2. The zero-order chi connectivity index (χ0) is 12.4. The monoisotopic (exact) mass is 254 g/mol. The van der Waals surface area contributed by atoms with Crippen molar-refractivity contribution in [1.82, 2.24) is 0 Å². The quantitative estimate of drug-likeness (QED) is 0.900. The van der Waals surface area contributed by atoms with E-state index in [1.165, 1.54) is 0 Å². The van der Waals surface area contributed by atoms with Crippen molar-refractivity contribution in [2.45, 2.75) is 30.5 Å². The zero-order valence-electron chi connectivity index (χ0n) is 10.4. The Kier molecular flexibility index (Phi) is 3.84. The summed E-state index contributed by atoms with van der Waals surface area (Å²) in [7, 11) is 3.29. The highest BCUT2D eigenvalue weighted by Crippen LogP contribution is 2.46. The lowest BCUT2D eigenvalue weighted by Gasteiger charge is -2.31. The van der Waals surface area contributed by atoms with Gasteiger partial charge in [-0.1, -0.05) is 6.92 Å². The molecular formula is C13H18O3S. The van der Waals surface area contributed by atoms with Gasteiger partial charge in [0.2, 0.25) is 0 Å². The Balaban J connectivity index is 2.52. The van der Waals surface area contributed by atoms with Crippen molar-refractivity contribution in [1.29, 1.82) is 0 Å². The van der Waals surface area contributed by atoms with Crippen LogP contribution >= 0.6 is 11.8 Å². The van der Waals surface area contributed by atoms with E-state index in [1.807, 2.05) is 12.1 Å². The molecule has 94 valence electrons. The normalized spacial score (nSPS) is 23.1. The first kappa shape index (κ1) is 12.6. The number of benzene rings is 1. The van der Waals surface area contributed by atoms with Gasteiger partial charge in [-0.05, 0) is 18.6 Å². The average molecular weight is 254 g/mol. The Bertz CT molecular complexity index is 406. The van der Waals surface area contributed by atoms with Crippen LogP contribution in [0.3, 0.4) is 0 Å². The largest absolute Gasteiger partial charge is 0.496 e. The van der Waals surface area contributed by atoms with E-state index in [0.717, 1.165) is 34.8 Å². The molecular weight excluding hydrogens is 236 g/mol. The highest BCUT2D eigenvalue weighted by molar-refractivity contribution is 7.99. The first-order valence-corrected chi connectivity index (χ1v) is 6.81. The molecule has 1 aromatic rings. The fourth-order valence-electron chi connectivity index (χ4n) is 2.27. The molecule has 0 aliphatic carbocycles. The summed E-state index contributed by atoms with van der Waals surface area (Å²) in [5.41, 5.74) is 1.96. The maximum Gasteiger partial charge on any atom is 0.125 e. The Morgan fingerprint density at radius 1 is 1.29 bits per heavy atom. The Morgan fingerprint density at radius 3 is 2.53 bits per heavy atom. The van der Waals surface area contributed by atoms with Crippen LogP contribution in [0.4, 0.5) is 0 Å². The summed E-state index contributed by atoms with van der Waals surface area (Å²) < 4.78 is 10.7. The van der Waals surface area contributed by atoms with Gasteiger partial charge in [-0.2, -0.15) is 11.8 Å². The van der Waals surface area contributed by atoms with Crippen LogP contribution in [-0.4, -0.2) is 24.6 Å². The molecule has 2 atom stereocenters. The summed E-state index contributed by atoms with van der Waals surface area (Å²) in [6, 6.07) is 3.76. The van der Waals surface area contributed by atoms with Crippen LogP contribution in [0.1, 0.15) is 30.6 Å². The van der Waals surface area contributed by atoms with Gasteiger partial charge in [0.25, 0.3) is 0 Å². The number of hydrogen-bond donors (Lipinski definition) is 1. The predicted octanol–water partition coefficient (Wildman–Crippen LogP) is 2.76. The van der Waals surface area contributed by atoms with Crippen molar-refractivity contribution in [3.05, 3.63) is 23.3 Å². The SMILES string of the molecule is CCC1SCc2c(OC)ccc(OC)c2C1O. The summed E-state index contributed by atoms with van der Waals surface area (Å²) in [5.74, 6) is 2.46. The molecule has 4 heteroatoms. The Labute approximate surface area is 106 Å². The van der Waals surface area contributed by atoms with Crippen molar-refractivity contribution in [3.63, 3.8) is 0 Å². The van der Waals surface area contributed by atoms with Gasteiger partial charge in [0.1, 0.15) is 11.5 Å². The first-order valence-electron chi connectivity index (χ1n) is 5.76.